The van der Waals surface area contributed by atoms with E-state index in [4.69, 9.17) is 0 Å². The number of hydrogen-bond acceptors (Lipinski definition) is 3. The number of aromatic nitrogens is 2. The van der Waals surface area contributed by atoms with Gasteiger partial charge in [-0.05, 0) is 19.3 Å². The van der Waals surface area contributed by atoms with E-state index in [9.17, 15) is 9.59 Å². The van der Waals surface area contributed by atoms with E-state index in [1.54, 1.807) is 6.20 Å². The van der Waals surface area contributed by atoms with Crippen LogP contribution in [0.1, 0.15) is 114 Å². The standard InChI is InChI=1S/C24H41N3O2/c1-4-5-6-7-8-9-10-11-12-13-23(28)26-16-14-22(15-17-26)27-19-21(18-25-27)24(29)20(2)3/h18-20,22H,4-17H2,1-3H3. The predicted molar refractivity (Wildman–Crippen MR) is 118 cm³/mol. The zero-order valence-corrected chi connectivity index (χ0v) is 18.9. The second-order valence-electron chi connectivity index (χ2n) is 8.92. The number of Topliss-reactive ketones (excluding diaryl/α,β-unsaturated/α-hetero) is 1. The topological polar surface area (TPSA) is 55.2 Å². The lowest BCUT2D eigenvalue weighted by Gasteiger charge is -2.32. The molecule has 29 heavy (non-hydrogen) atoms. The van der Waals surface area contributed by atoms with Gasteiger partial charge >= 0.3 is 0 Å². The number of hydrogen-bond donors (Lipinski definition) is 0. The number of likely N-dealkylation sites (tertiary alicyclic amines) is 1. The van der Waals surface area contributed by atoms with Crippen molar-refractivity contribution in [2.75, 3.05) is 13.1 Å². The van der Waals surface area contributed by atoms with Crippen molar-refractivity contribution in [1.82, 2.24) is 14.7 Å². The quantitative estimate of drug-likeness (QED) is 0.309. The summed E-state index contributed by atoms with van der Waals surface area (Å²) >= 11 is 0. The van der Waals surface area contributed by atoms with E-state index in [-0.39, 0.29) is 11.7 Å². The molecule has 5 nitrogen and oxygen atoms in total. The van der Waals surface area contributed by atoms with Gasteiger partial charge in [-0.3, -0.25) is 14.3 Å². The monoisotopic (exact) mass is 403 g/mol. The molecule has 0 N–H and O–H groups in total. The van der Waals surface area contributed by atoms with Crippen molar-refractivity contribution in [3.63, 3.8) is 0 Å². The third-order valence-electron chi connectivity index (χ3n) is 6.10. The zero-order chi connectivity index (χ0) is 21.1. The Hall–Kier alpha value is -1.65. The fourth-order valence-electron chi connectivity index (χ4n) is 4.12. The van der Waals surface area contributed by atoms with E-state index in [1.807, 2.05) is 29.6 Å². The molecular weight excluding hydrogens is 362 g/mol. The fourth-order valence-corrected chi connectivity index (χ4v) is 4.12. The van der Waals surface area contributed by atoms with Crippen molar-refractivity contribution in [3.05, 3.63) is 18.0 Å². The first kappa shape index (κ1) is 23.6. The Labute approximate surface area is 177 Å². The summed E-state index contributed by atoms with van der Waals surface area (Å²) in [4.78, 5) is 26.6. The van der Waals surface area contributed by atoms with Gasteiger partial charge in [0, 0.05) is 31.6 Å². The maximum absolute atomic E-state index is 12.5. The highest BCUT2D eigenvalue weighted by Gasteiger charge is 2.24. The second kappa shape index (κ2) is 12.8. The summed E-state index contributed by atoms with van der Waals surface area (Å²) in [5.74, 6) is 0.445. The third-order valence-corrected chi connectivity index (χ3v) is 6.10. The average molecular weight is 404 g/mol. The van der Waals surface area contributed by atoms with E-state index < -0.39 is 0 Å². The molecule has 0 aromatic carbocycles. The largest absolute Gasteiger partial charge is 0.343 e. The summed E-state index contributed by atoms with van der Waals surface area (Å²) < 4.78 is 1.93. The molecule has 5 heteroatoms. The highest BCUT2D eigenvalue weighted by molar-refractivity contribution is 5.96. The van der Waals surface area contributed by atoms with Gasteiger partial charge in [0.2, 0.25) is 5.91 Å². The van der Waals surface area contributed by atoms with Gasteiger partial charge in [0.1, 0.15) is 0 Å². The number of ketones is 1. The molecule has 0 unspecified atom stereocenters. The molecule has 0 atom stereocenters. The van der Waals surface area contributed by atoms with Crippen LogP contribution in [0.25, 0.3) is 0 Å². The van der Waals surface area contributed by atoms with Gasteiger partial charge in [0.15, 0.2) is 5.78 Å². The first-order valence-corrected chi connectivity index (χ1v) is 11.9. The first-order chi connectivity index (χ1) is 14.0. The van der Waals surface area contributed by atoms with Crippen LogP contribution in [0.15, 0.2) is 12.4 Å². The molecule has 1 fully saturated rings. The molecule has 164 valence electrons. The van der Waals surface area contributed by atoms with Gasteiger partial charge < -0.3 is 4.90 Å². The van der Waals surface area contributed by atoms with Gasteiger partial charge in [-0.2, -0.15) is 5.10 Å². The molecule has 0 radical (unpaired) electrons. The first-order valence-electron chi connectivity index (χ1n) is 11.9. The number of nitrogens with zero attached hydrogens (tertiary/aromatic N) is 3. The molecule has 0 aliphatic carbocycles. The van der Waals surface area contributed by atoms with Crippen molar-refractivity contribution in [2.45, 2.75) is 104 Å². The summed E-state index contributed by atoms with van der Waals surface area (Å²) in [6.07, 6.45) is 17.6. The molecule has 1 aromatic rings. The number of carbonyl (C=O) groups is 2. The molecule has 1 amide bonds. The van der Waals surface area contributed by atoms with Crippen LogP contribution in [0.4, 0.5) is 0 Å². The highest BCUT2D eigenvalue weighted by atomic mass is 16.2. The van der Waals surface area contributed by atoms with Gasteiger partial charge in [-0.15, -0.1) is 0 Å². The van der Waals surface area contributed by atoms with Gasteiger partial charge in [0.05, 0.1) is 17.8 Å². The Balaban J connectivity index is 1.60. The summed E-state index contributed by atoms with van der Waals surface area (Å²) in [6, 6.07) is 0.292. The van der Waals surface area contributed by atoms with Crippen LogP contribution in [0.5, 0.6) is 0 Å². The zero-order valence-electron chi connectivity index (χ0n) is 18.9. The van der Waals surface area contributed by atoms with Crippen molar-refractivity contribution in [3.8, 4) is 0 Å². The van der Waals surface area contributed by atoms with Crippen molar-refractivity contribution >= 4 is 11.7 Å². The maximum atomic E-state index is 12.5. The SMILES string of the molecule is CCCCCCCCCCCC(=O)N1CCC(n2cc(C(=O)C(C)C)cn2)CC1. The lowest BCUT2D eigenvalue weighted by atomic mass is 10.0. The minimum Gasteiger partial charge on any atom is -0.343 e. The Morgan fingerprint density at radius 2 is 1.59 bits per heavy atom. The molecule has 0 bridgehead atoms. The second-order valence-corrected chi connectivity index (χ2v) is 8.92. The van der Waals surface area contributed by atoms with Gasteiger partial charge in [0.25, 0.3) is 0 Å². The highest BCUT2D eigenvalue weighted by Crippen LogP contribution is 2.23. The van der Waals surface area contributed by atoms with Crippen molar-refractivity contribution < 1.29 is 9.59 Å². The lowest BCUT2D eigenvalue weighted by molar-refractivity contribution is -0.132. The van der Waals surface area contributed by atoms with Crippen LogP contribution in [-0.2, 0) is 4.79 Å². The smallest absolute Gasteiger partial charge is 0.222 e. The molecule has 1 aromatic heterocycles. The Morgan fingerprint density at radius 3 is 2.17 bits per heavy atom. The fraction of sp³-hybridized carbons (Fsp3) is 0.792. The van der Waals surface area contributed by atoms with Crippen LogP contribution in [0, 0.1) is 5.92 Å². The summed E-state index contributed by atoms with van der Waals surface area (Å²) in [7, 11) is 0. The number of rotatable bonds is 13. The molecule has 1 aliphatic heterocycles. The summed E-state index contributed by atoms with van der Waals surface area (Å²) in [5.41, 5.74) is 0.698. The molecule has 2 rings (SSSR count). The minimum atomic E-state index is -0.00632. The van der Waals surface area contributed by atoms with E-state index in [0.29, 0.717) is 23.9 Å². The molecular formula is C24H41N3O2. The molecule has 1 aliphatic rings. The molecule has 1 saturated heterocycles. The van der Waals surface area contributed by atoms with Crippen LogP contribution in [0.2, 0.25) is 0 Å². The number of amides is 1. The summed E-state index contributed by atoms with van der Waals surface area (Å²) in [5, 5.41) is 4.41. The van der Waals surface area contributed by atoms with Crippen molar-refractivity contribution in [1.29, 1.82) is 0 Å². The van der Waals surface area contributed by atoms with E-state index in [1.165, 1.54) is 51.4 Å². The maximum Gasteiger partial charge on any atom is 0.222 e. The average Bonchev–Trinajstić information content (AvgIpc) is 3.22. The van der Waals surface area contributed by atoms with E-state index in [2.05, 4.69) is 12.0 Å². The third kappa shape index (κ3) is 7.94. The molecule has 0 saturated carbocycles. The van der Waals surface area contributed by atoms with Gasteiger partial charge in [-0.1, -0.05) is 72.1 Å². The normalized spacial score (nSPS) is 15.2. The molecule has 2 heterocycles. The van der Waals surface area contributed by atoms with Crippen LogP contribution in [0.3, 0.4) is 0 Å². The van der Waals surface area contributed by atoms with Crippen LogP contribution < -0.4 is 0 Å². The number of unbranched alkanes of at least 4 members (excludes halogenated alkanes) is 8. The van der Waals surface area contributed by atoms with Crippen molar-refractivity contribution in [2.24, 2.45) is 5.92 Å². The van der Waals surface area contributed by atoms with Crippen LogP contribution in [-0.4, -0.2) is 39.5 Å². The van der Waals surface area contributed by atoms with Gasteiger partial charge in [-0.25, -0.2) is 0 Å². The number of carbonyl (C=O) groups excluding carboxylic acids is 2. The van der Waals surface area contributed by atoms with E-state index >= 15 is 0 Å². The minimum absolute atomic E-state index is 0.00632. The number of piperidine rings is 1. The Morgan fingerprint density at radius 1 is 1.00 bits per heavy atom. The van der Waals surface area contributed by atoms with E-state index in [0.717, 1.165) is 32.4 Å². The Kier molecular flexibility index (Phi) is 10.4. The summed E-state index contributed by atoms with van der Waals surface area (Å²) in [6.45, 7) is 7.68. The molecule has 0 spiro atoms. The lowest BCUT2D eigenvalue weighted by Crippen LogP contribution is -2.39. The Bertz CT molecular complexity index is 615. The van der Waals surface area contributed by atoms with Crippen LogP contribution >= 0.6 is 0 Å². The predicted octanol–water partition coefficient (Wildman–Crippen LogP) is 5.81.